The number of amides is 2. The van der Waals surface area contributed by atoms with Gasteiger partial charge in [0.2, 0.25) is 11.8 Å². The van der Waals surface area contributed by atoms with Crippen molar-refractivity contribution in [2.24, 2.45) is 5.73 Å². The molecule has 0 fully saturated rings. The highest BCUT2D eigenvalue weighted by Gasteiger charge is 2.22. The van der Waals surface area contributed by atoms with Crippen LogP contribution in [-0.2, 0) is 11.2 Å². The van der Waals surface area contributed by atoms with Crippen LogP contribution in [0.5, 0.6) is 0 Å². The Balaban J connectivity index is 1.46. The van der Waals surface area contributed by atoms with Gasteiger partial charge in [-0.2, -0.15) is 5.10 Å². The topological polar surface area (TPSA) is 155 Å². The number of carbonyl (C=O) groups excluding carboxylic acids is 2. The zero-order valence-corrected chi connectivity index (χ0v) is 18.1. The number of nitrogens with two attached hydrogens (primary N) is 2. The summed E-state index contributed by atoms with van der Waals surface area (Å²) in [5.74, 6) is -0.446. The zero-order chi connectivity index (χ0) is 23.5. The molecular formula is C23H23N7O3. The Labute approximate surface area is 189 Å². The molecule has 0 saturated carbocycles. The van der Waals surface area contributed by atoms with E-state index in [0.29, 0.717) is 22.6 Å². The number of nitrogens with zero attached hydrogens (tertiary/aromatic N) is 4. The predicted octanol–water partition coefficient (Wildman–Crippen LogP) is 3.04. The molecule has 10 heteroatoms. The first-order chi connectivity index (χ1) is 15.8. The maximum absolute atomic E-state index is 12.4. The van der Waals surface area contributed by atoms with Crippen LogP contribution in [0.15, 0.2) is 59.3 Å². The molecule has 1 aromatic carbocycles. The number of rotatable bonds is 7. The van der Waals surface area contributed by atoms with Gasteiger partial charge in [0.25, 0.3) is 5.91 Å². The lowest BCUT2D eigenvalue weighted by Crippen LogP contribution is -2.15. The number of hydrogen-bond donors (Lipinski definition) is 3. The molecule has 10 nitrogen and oxygen atoms in total. The van der Waals surface area contributed by atoms with Crippen LogP contribution >= 0.6 is 0 Å². The van der Waals surface area contributed by atoms with Crippen molar-refractivity contribution < 1.29 is 14.1 Å². The van der Waals surface area contributed by atoms with Crippen molar-refractivity contribution in [1.82, 2.24) is 19.9 Å². The van der Waals surface area contributed by atoms with Gasteiger partial charge >= 0.3 is 0 Å². The second-order valence-corrected chi connectivity index (χ2v) is 7.72. The van der Waals surface area contributed by atoms with Crippen molar-refractivity contribution in [2.45, 2.75) is 26.3 Å². The van der Waals surface area contributed by atoms with Gasteiger partial charge in [-0.15, -0.1) is 0 Å². The summed E-state index contributed by atoms with van der Waals surface area (Å²) >= 11 is 0. The van der Waals surface area contributed by atoms with Crippen LogP contribution in [0.2, 0.25) is 0 Å². The molecule has 33 heavy (non-hydrogen) atoms. The quantitative estimate of drug-likeness (QED) is 0.395. The molecule has 0 bridgehead atoms. The van der Waals surface area contributed by atoms with E-state index in [0.717, 1.165) is 5.56 Å². The number of benzene rings is 1. The second-order valence-electron chi connectivity index (χ2n) is 7.72. The normalized spacial score (nSPS) is 11.0. The average Bonchev–Trinajstić information content (AvgIpc) is 3.39. The monoisotopic (exact) mass is 445 g/mol. The third-order valence-electron chi connectivity index (χ3n) is 4.98. The minimum Gasteiger partial charge on any atom is -0.383 e. The maximum atomic E-state index is 12.4. The van der Waals surface area contributed by atoms with Crippen LogP contribution < -0.4 is 16.8 Å². The van der Waals surface area contributed by atoms with Gasteiger partial charge in [0.05, 0.1) is 12.1 Å². The fourth-order valence-electron chi connectivity index (χ4n) is 3.40. The van der Waals surface area contributed by atoms with Crippen LogP contribution in [-0.4, -0.2) is 31.7 Å². The fraction of sp³-hybridized carbons (Fsp3) is 0.174. The van der Waals surface area contributed by atoms with E-state index in [4.69, 9.17) is 16.0 Å². The lowest BCUT2D eigenvalue weighted by molar-refractivity contribution is -0.115. The molecule has 0 atom stereocenters. The molecule has 0 aliphatic heterocycles. The van der Waals surface area contributed by atoms with E-state index >= 15 is 0 Å². The smallest absolute Gasteiger partial charge is 0.254 e. The Bertz CT molecular complexity index is 1290. The van der Waals surface area contributed by atoms with Crippen molar-refractivity contribution in [3.63, 3.8) is 0 Å². The molecule has 3 aromatic heterocycles. The molecule has 2 amide bonds. The Morgan fingerprint density at radius 2 is 1.88 bits per heavy atom. The molecule has 4 rings (SSSR count). The average molecular weight is 445 g/mol. The summed E-state index contributed by atoms with van der Waals surface area (Å²) in [6.07, 6.45) is 1.77. The van der Waals surface area contributed by atoms with Crippen molar-refractivity contribution >= 4 is 23.5 Å². The summed E-state index contributed by atoms with van der Waals surface area (Å²) < 4.78 is 6.75. The molecule has 4 aromatic rings. The van der Waals surface area contributed by atoms with Crippen molar-refractivity contribution in [3.8, 4) is 22.6 Å². The summed E-state index contributed by atoms with van der Waals surface area (Å²) in [5.41, 5.74) is 14.8. The first-order valence-corrected chi connectivity index (χ1v) is 10.3. The molecule has 0 unspecified atom stereocenters. The molecule has 0 spiro atoms. The summed E-state index contributed by atoms with van der Waals surface area (Å²) in [4.78, 5) is 28.6. The summed E-state index contributed by atoms with van der Waals surface area (Å²) in [6.45, 7) is 3.82. The van der Waals surface area contributed by atoms with E-state index in [1.165, 1.54) is 0 Å². The van der Waals surface area contributed by atoms with Gasteiger partial charge in [-0.05, 0) is 31.5 Å². The van der Waals surface area contributed by atoms with Crippen LogP contribution in [0, 0.1) is 0 Å². The van der Waals surface area contributed by atoms with E-state index < -0.39 is 5.91 Å². The fourth-order valence-corrected chi connectivity index (χ4v) is 3.40. The first kappa shape index (κ1) is 21.8. The highest BCUT2D eigenvalue weighted by molar-refractivity contribution is 6.03. The number of carbonyl (C=O) groups is 2. The minimum atomic E-state index is -0.644. The number of anilines is 2. The van der Waals surface area contributed by atoms with Crippen LogP contribution in [0.25, 0.3) is 22.6 Å². The number of nitrogens with one attached hydrogen (secondary N) is 1. The highest BCUT2D eigenvalue weighted by Crippen LogP contribution is 2.29. The number of hydrogen-bond acceptors (Lipinski definition) is 7. The van der Waals surface area contributed by atoms with Gasteiger partial charge in [-0.3, -0.25) is 19.9 Å². The summed E-state index contributed by atoms with van der Waals surface area (Å²) in [6, 6.07) is 14.1. The Morgan fingerprint density at radius 3 is 2.52 bits per heavy atom. The highest BCUT2D eigenvalue weighted by atomic mass is 16.5. The van der Waals surface area contributed by atoms with Gasteiger partial charge in [0, 0.05) is 23.9 Å². The molecule has 0 saturated heterocycles. The van der Waals surface area contributed by atoms with Crippen molar-refractivity contribution in [1.29, 1.82) is 0 Å². The van der Waals surface area contributed by atoms with E-state index in [1.54, 1.807) is 53.3 Å². The first-order valence-electron chi connectivity index (χ1n) is 10.3. The standard InChI is InChI=1S/C23H23N7O3/c1-13(2)30-22(24)20(23(25)32)21(28-30)15-8-6-14(7-9-15)11-18(31)27-19-12-17(29-33-19)16-5-3-4-10-26-16/h3-10,12-13H,11,24H2,1-2H3,(H2,25,32)(H,27,31). The van der Waals surface area contributed by atoms with Gasteiger partial charge in [-0.25, -0.2) is 4.68 Å². The number of aromatic nitrogens is 4. The third-order valence-corrected chi connectivity index (χ3v) is 4.98. The molecular weight excluding hydrogens is 422 g/mol. The molecule has 5 N–H and O–H groups in total. The van der Waals surface area contributed by atoms with E-state index in [2.05, 4.69) is 20.6 Å². The van der Waals surface area contributed by atoms with Gasteiger partial charge in [0.1, 0.15) is 22.8 Å². The maximum Gasteiger partial charge on any atom is 0.254 e. The Kier molecular flexibility index (Phi) is 5.90. The van der Waals surface area contributed by atoms with Crippen LogP contribution in [0.3, 0.4) is 0 Å². The van der Waals surface area contributed by atoms with Crippen LogP contribution in [0.4, 0.5) is 11.7 Å². The molecule has 168 valence electrons. The Morgan fingerprint density at radius 1 is 1.12 bits per heavy atom. The van der Waals surface area contributed by atoms with E-state index in [9.17, 15) is 9.59 Å². The second kappa shape index (κ2) is 8.95. The lowest BCUT2D eigenvalue weighted by atomic mass is 10.0. The molecule has 3 heterocycles. The SMILES string of the molecule is CC(C)n1nc(-c2ccc(CC(=O)Nc3cc(-c4ccccn4)no3)cc2)c(C(N)=O)c1N. The summed E-state index contributed by atoms with van der Waals surface area (Å²) in [5, 5.41) is 11.1. The zero-order valence-electron chi connectivity index (χ0n) is 18.1. The lowest BCUT2D eigenvalue weighted by Gasteiger charge is -2.07. The van der Waals surface area contributed by atoms with E-state index in [1.807, 2.05) is 19.9 Å². The third kappa shape index (κ3) is 4.59. The Hall–Kier alpha value is -4.47. The van der Waals surface area contributed by atoms with Crippen LogP contribution in [0.1, 0.15) is 35.8 Å². The van der Waals surface area contributed by atoms with E-state index in [-0.39, 0.29) is 35.6 Å². The van der Waals surface area contributed by atoms with Crippen molar-refractivity contribution in [2.75, 3.05) is 11.1 Å². The molecule has 0 aliphatic carbocycles. The van der Waals surface area contributed by atoms with Gasteiger partial charge < -0.3 is 16.0 Å². The van der Waals surface area contributed by atoms with Crippen molar-refractivity contribution in [3.05, 3.63) is 65.9 Å². The van der Waals surface area contributed by atoms with Gasteiger partial charge in [0.15, 0.2) is 0 Å². The predicted molar refractivity (Wildman–Crippen MR) is 123 cm³/mol. The minimum absolute atomic E-state index is 0.0332. The molecule has 0 aliphatic rings. The largest absolute Gasteiger partial charge is 0.383 e. The summed E-state index contributed by atoms with van der Waals surface area (Å²) in [7, 11) is 0. The number of pyridine rings is 1. The number of nitrogen functional groups attached to an aromatic ring is 1. The number of primary amides is 1. The molecule has 0 radical (unpaired) electrons. The van der Waals surface area contributed by atoms with Gasteiger partial charge in [-0.1, -0.05) is 35.5 Å².